The van der Waals surface area contributed by atoms with Crippen LogP contribution in [-0.2, 0) is 14.8 Å². The predicted molar refractivity (Wildman–Crippen MR) is 104 cm³/mol. The Kier molecular flexibility index (Phi) is 5.82. The quantitative estimate of drug-likeness (QED) is 0.790. The molecule has 1 fully saturated rings. The van der Waals surface area contributed by atoms with Gasteiger partial charge in [0.2, 0.25) is 15.9 Å². The molecule has 1 atom stereocenters. The van der Waals surface area contributed by atoms with Gasteiger partial charge in [0.05, 0.1) is 17.9 Å². The molecule has 0 aliphatic carbocycles. The third-order valence-electron chi connectivity index (χ3n) is 4.89. The zero-order valence-corrected chi connectivity index (χ0v) is 16.4. The molecule has 0 saturated carbocycles. The maximum absolute atomic E-state index is 13.0. The normalized spacial score (nSPS) is 18.1. The minimum atomic E-state index is -3.59. The number of anilines is 1. The Hall–Kier alpha value is -2.38. The van der Waals surface area contributed by atoms with E-state index in [1.165, 1.54) is 4.31 Å². The van der Waals surface area contributed by atoms with Crippen LogP contribution in [-0.4, -0.2) is 45.9 Å². The third-order valence-corrected chi connectivity index (χ3v) is 6.76. The van der Waals surface area contributed by atoms with Gasteiger partial charge in [-0.2, -0.15) is 4.31 Å². The maximum Gasteiger partial charge on any atom is 0.243 e. The fourth-order valence-corrected chi connectivity index (χ4v) is 4.87. The zero-order chi connectivity index (χ0) is 19.4. The Balaban J connectivity index is 1.76. The highest BCUT2D eigenvalue weighted by atomic mass is 32.2. The lowest BCUT2D eigenvalue weighted by atomic mass is 9.98. The molecule has 6 nitrogen and oxygen atoms in total. The van der Waals surface area contributed by atoms with Crippen LogP contribution in [0.1, 0.15) is 12.8 Å². The van der Waals surface area contributed by atoms with E-state index in [0.29, 0.717) is 25.1 Å². The van der Waals surface area contributed by atoms with Crippen LogP contribution in [0.3, 0.4) is 0 Å². The van der Waals surface area contributed by atoms with Gasteiger partial charge >= 0.3 is 0 Å². The van der Waals surface area contributed by atoms with Crippen LogP contribution in [0.2, 0.25) is 0 Å². The van der Waals surface area contributed by atoms with Gasteiger partial charge in [-0.3, -0.25) is 4.79 Å². The summed E-state index contributed by atoms with van der Waals surface area (Å²) in [6, 6.07) is 15.6. The number of carbonyl (C=O) groups is 1. The van der Waals surface area contributed by atoms with Crippen LogP contribution in [0.25, 0.3) is 0 Å². The number of carbonyl (C=O) groups excluding carboxylic acids is 1. The number of amides is 1. The highest BCUT2D eigenvalue weighted by molar-refractivity contribution is 7.89. The van der Waals surface area contributed by atoms with E-state index in [1.54, 1.807) is 55.5 Å². The van der Waals surface area contributed by atoms with Gasteiger partial charge in [0.15, 0.2) is 0 Å². The van der Waals surface area contributed by atoms with E-state index in [1.807, 2.05) is 18.2 Å². The van der Waals surface area contributed by atoms with Gasteiger partial charge < -0.3 is 9.64 Å². The Morgan fingerprint density at radius 1 is 1.15 bits per heavy atom. The van der Waals surface area contributed by atoms with Crippen molar-refractivity contribution < 1.29 is 17.9 Å². The van der Waals surface area contributed by atoms with E-state index < -0.39 is 10.0 Å². The Bertz CT molecular complexity index is 899. The molecule has 2 aromatic rings. The van der Waals surface area contributed by atoms with Crippen molar-refractivity contribution in [3.05, 3.63) is 54.6 Å². The summed E-state index contributed by atoms with van der Waals surface area (Å²) in [5.41, 5.74) is 0.724. The molecule has 0 spiro atoms. The number of nitrogens with zero attached hydrogens (tertiary/aromatic N) is 2. The number of hydrogen-bond donors (Lipinski definition) is 0. The smallest absolute Gasteiger partial charge is 0.243 e. The Morgan fingerprint density at radius 3 is 2.59 bits per heavy atom. The predicted octanol–water partition coefficient (Wildman–Crippen LogP) is 2.76. The van der Waals surface area contributed by atoms with Crippen molar-refractivity contribution in [3.63, 3.8) is 0 Å². The van der Waals surface area contributed by atoms with Crippen molar-refractivity contribution in [2.24, 2.45) is 5.92 Å². The minimum absolute atomic E-state index is 0.0868. The lowest BCUT2D eigenvalue weighted by molar-refractivity contribution is -0.123. The fraction of sp³-hybridized carbons (Fsp3) is 0.350. The third kappa shape index (κ3) is 4.14. The van der Waals surface area contributed by atoms with Crippen LogP contribution >= 0.6 is 0 Å². The van der Waals surface area contributed by atoms with Crippen molar-refractivity contribution in [2.75, 3.05) is 32.1 Å². The van der Waals surface area contributed by atoms with Crippen molar-refractivity contribution in [1.29, 1.82) is 0 Å². The van der Waals surface area contributed by atoms with Crippen molar-refractivity contribution >= 4 is 21.6 Å². The molecule has 1 heterocycles. The second kappa shape index (κ2) is 8.10. The van der Waals surface area contributed by atoms with Crippen LogP contribution in [0.5, 0.6) is 5.75 Å². The van der Waals surface area contributed by atoms with Gasteiger partial charge in [-0.15, -0.1) is 0 Å². The molecule has 3 rings (SSSR count). The molecule has 0 bridgehead atoms. The molecule has 2 aromatic carbocycles. The largest absolute Gasteiger partial charge is 0.497 e. The van der Waals surface area contributed by atoms with E-state index in [9.17, 15) is 13.2 Å². The molecule has 27 heavy (non-hydrogen) atoms. The first-order valence-electron chi connectivity index (χ1n) is 8.90. The molecular formula is C20H24N2O4S. The second-order valence-electron chi connectivity index (χ2n) is 6.61. The van der Waals surface area contributed by atoms with Crippen molar-refractivity contribution in [1.82, 2.24) is 4.31 Å². The molecule has 7 heteroatoms. The van der Waals surface area contributed by atoms with Crippen molar-refractivity contribution in [2.45, 2.75) is 17.7 Å². The van der Waals surface area contributed by atoms with Crippen LogP contribution in [0.4, 0.5) is 5.69 Å². The number of piperidine rings is 1. The average Bonchev–Trinajstić information content (AvgIpc) is 2.73. The van der Waals surface area contributed by atoms with Crippen LogP contribution in [0, 0.1) is 5.92 Å². The average molecular weight is 388 g/mol. The van der Waals surface area contributed by atoms with E-state index in [4.69, 9.17) is 4.74 Å². The zero-order valence-electron chi connectivity index (χ0n) is 15.5. The summed E-state index contributed by atoms with van der Waals surface area (Å²) in [4.78, 5) is 14.8. The standard InChI is InChI=1S/C20H24N2O4S/c1-21(17-9-6-10-18(14-17)26-2)20(23)16-8-7-13-22(15-16)27(24,25)19-11-4-3-5-12-19/h3-6,9-12,14,16H,7-8,13,15H2,1-2H3. The lowest BCUT2D eigenvalue weighted by Crippen LogP contribution is -2.45. The molecule has 1 unspecified atom stereocenters. The molecule has 1 saturated heterocycles. The number of benzene rings is 2. The number of hydrogen-bond acceptors (Lipinski definition) is 4. The topological polar surface area (TPSA) is 66.9 Å². The Morgan fingerprint density at radius 2 is 1.89 bits per heavy atom. The number of rotatable bonds is 5. The van der Waals surface area contributed by atoms with E-state index >= 15 is 0 Å². The Labute approximate surface area is 160 Å². The summed E-state index contributed by atoms with van der Waals surface area (Å²) in [5.74, 6) is 0.216. The first-order valence-corrected chi connectivity index (χ1v) is 10.3. The number of ether oxygens (including phenoxy) is 1. The first-order chi connectivity index (χ1) is 12.9. The molecule has 1 aliphatic heterocycles. The molecular weight excluding hydrogens is 364 g/mol. The summed E-state index contributed by atoms with van der Waals surface area (Å²) in [6.45, 7) is 0.633. The van der Waals surface area contributed by atoms with Gasteiger partial charge in [-0.1, -0.05) is 24.3 Å². The van der Waals surface area contributed by atoms with E-state index in [0.717, 1.165) is 5.69 Å². The molecule has 1 aliphatic rings. The summed E-state index contributed by atoms with van der Waals surface area (Å²) >= 11 is 0. The molecule has 0 aromatic heterocycles. The van der Waals surface area contributed by atoms with E-state index in [2.05, 4.69) is 0 Å². The minimum Gasteiger partial charge on any atom is -0.497 e. The van der Waals surface area contributed by atoms with Gasteiger partial charge in [0.25, 0.3) is 0 Å². The first kappa shape index (κ1) is 19.4. The summed E-state index contributed by atoms with van der Waals surface area (Å²) < 4.78 is 32.4. The van der Waals surface area contributed by atoms with Crippen LogP contribution < -0.4 is 9.64 Å². The molecule has 1 amide bonds. The highest BCUT2D eigenvalue weighted by Gasteiger charge is 2.34. The fourth-order valence-electron chi connectivity index (χ4n) is 3.32. The second-order valence-corrected chi connectivity index (χ2v) is 8.55. The molecule has 0 radical (unpaired) electrons. The molecule has 144 valence electrons. The highest BCUT2D eigenvalue weighted by Crippen LogP contribution is 2.27. The summed E-state index contributed by atoms with van der Waals surface area (Å²) in [5, 5.41) is 0. The van der Waals surface area contributed by atoms with Crippen LogP contribution in [0.15, 0.2) is 59.5 Å². The maximum atomic E-state index is 13.0. The summed E-state index contributed by atoms with van der Waals surface area (Å²) in [6.07, 6.45) is 1.34. The lowest BCUT2D eigenvalue weighted by Gasteiger charge is -2.33. The van der Waals surface area contributed by atoms with Gasteiger partial charge in [-0.05, 0) is 37.1 Å². The monoisotopic (exact) mass is 388 g/mol. The van der Waals surface area contributed by atoms with Gasteiger partial charge in [0, 0.05) is 31.9 Å². The summed E-state index contributed by atoms with van der Waals surface area (Å²) in [7, 11) is -0.299. The van der Waals surface area contributed by atoms with Gasteiger partial charge in [-0.25, -0.2) is 8.42 Å². The van der Waals surface area contributed by atoms with E-state index in [-0.39, 0.29) is 23.3 Å². The van der Waals surface area contributed by atoms with Crippen molar-refractivity contribution in [3.8, 4) is 5.75 Å². The SMILES string of the molecule is COc1cccc(N(C)C(=O)C2CCCN(S(=O)(=O)c3ccccc3)C2)c1. The number of methoxy groups -OCH3 is 1. The number of sulfonamides is 1. The van der Waals surface area contributed by atoms with Gasteiger partial charge in [0.1, 0.15) is 5.75 Å². The molecule has 0 N–H and O–H groups in total.